The van der Waals surface area contributed by atoms with E-state index in [4.69, 9.17) is 5.11 Å². The molecule has 72 valence electrons. The van der Waals surface area contributed by atoms with Crippen molar-refractivity contribution >= 4 is 0 Å². The third-order valence-electron chi connectivity index (χ3n) is 2.12. The summed E-state index contributed by atoms with van der Waals surface area (Å²) in [6.07, 6.45) is 0.395. The van der Waals surface area contributed by atoms with Crippen molar-refractivity contribution in [1.82, 2.24) is 0 Å². The summed E-state index contributed by atoms with van der Waals surface area (Å²) in [4.78, 5) is 0. The van der Waals surface area contributed by atoms with E-state index in [1.807, 2.05) is 6.07 Å². The molecule has 0 atom stereocenters. The van der Waals surface area contributed by atoms with Crippen molar-refractivity contribution in [3.63, 3.8) is 0 Å². The fraction of sp³-hybridized carbons (Fsp3) is 0.455. The minimum atomic E-state index is -0.224. The largest absolute Gasteiger partial charge is 0.396 e. The molecule has 0 unspecified atom stereocenters. The minimum absolute atomic E-state index is 0.00152. The summed E-state index contributed by atoms with van der Waals surface area (Å²) < 4.78 is 13.1. The summed E-state index contributed by atoms with van der Waals surface area (Å²) in [5.74, 6) is 0.177. The maximum Gasteiger partial charge on any atom is 0.126 e. The van der Waals surface area contributed by atoms with Crippen LogP contribution in [0.3, 0.4) is 0 Å². The Kier molecular flexibility index (Phi) is 3.43. The molecule has 1 nitrogen and oxygen atoms in total. The fourth-order valence-electron chi connectivity index (χ4n) is 1.27. The van der Waals surface area contributed by atoms with Crippen LogP contribution in [0.2, 0.25) is 0 Å². The van der Waals surface area contributed by atoms with Crippen LogP contribution in [-0.2, 0) is 6.42 Å². The number of benzene rings is 1. The topological polar surface area (TPSA) is 20.2 Å². The zero-order valence-corrected chi connectivity index (χ0v) is 8.05. The minimum Gasteiger partial charge on any atom is -0.396 e. The van der Waals surface area contributed by atoms with Crippen LogP contribution in [0.25, 0.3) is 0 Å². The zero-order valence-electron chi connectivity index (χ0n) is 8.05. The van der Waals surface area contributed by atoms with E-state index in [0.29, 0.717) is 17.9 Å². The second-order valence-corrected chi connectivity index (χ2v) is 3.48. The smallest absolute Gasteiger partial charge is 0.126 e. The van der Waals surface area contributed by atoms with E-state index in [1.54, 1.807) is 6.07 Å². The fourth-order valence-corrected chi connectivity index (χ4v) is 1.27. The van der Waals surface area contributed by atoms with Gasteiger partial charge in [0.15, 0.2) is 0 Å². The predicted molar refractivity (Wildman–Crippen MR) is 51.3 cm³/mol. The van der Waals surface area contributed by atoms with Gasteiger partial charge in [-0.1, -0.05) is 26.0 Å². The number of hydrogen-bond acceptors (Lipinski definition) is 1. The molecule has 0 amide bonds. The average Bonchev–Trinajstić information content (AvgIpc) is 2.08. The molecule has 0 saturated carbocycles. The maximum atomic E-state index is 13.1. The molecule has 1 aromatic carbocycles. The lowest BCUT2D eigenvalue weighted by Gasteiger charge is -2.08. The van der Waals surface area contributed by atoms with Gasteiger partial charge in [-0.2, -0.15) is 0 Å². The highest BCUT2D eigenvalue weighted by Gasteiger charge is 2.05. The molecule has 0 fully saturated rings. The van der Waals surface area contributed by atoms with E-state index in [1.165, 1.54) is 6.07 Å². The van der Waals surface area contributed by atoms with Gasteiger partial charge >= 0.3 is 0 Å². The normalized spacial score (nSPS) is 10.8. The summed E-state index contributed by atoms with van der Waals surface area (Å²) >= 11 is 0. The van der Waals surface area contributed by atoms with Gasteiger partial charge in [0, 0.05) is 6.61 Å². The summed E-state index contributed by atoms with van der Waals surface area (Å²) in [7, 11) is 0. The van der Waals surface area contributed by atoms with Gasteiger partial charge in [0.25, 0.3) is 0 Å². The van der Waals surface area contributed by atoms with Crippen molar-refractivity contribution in [1.29, 1.82) is 0 Å². The van der Waals surface area contributed by atoms with Gasteiger partial charge in [-0.3, -0.25) is 0 Å². The Balaban J connectivity index is 2.97. The first-order valence-corrected chi connectivity index (χ1v) is 4.54. The molecule has 1 N–H and O–H groups in total. The molecule has 0 saturated heterocycles. The Hall–Kier alpha value is -0.890. The highest BCUT2D eigenvalue weighted by molar-refractivity contribution is 5.27. The molecule has 0 aliphatic heterocycles. The summed E-state index contributed by atoms with van der Waals surface area (Å²) in [6, 6.07) is 5.09. The van der Waals surface area contributed by atoms with E-state index >= 15 is 0 Å². The maximum absolute atomic E-state index is 13.1. The van der Waals surface area contributed by atoms with Gasteiger partial charge in [-0.15, -0.1) is 0 Å². The Morgan fingerprint density at radius 1 is 1.38 bits per heavy atom. The number of hydrogen-bond donors (Lipinski definition) is 1. The molecule has 0 spiro atoms. The van der Waals surface area contributed by atoms with E-state index in [-0.39, 0.29) is 12.4 Å². The van der Waals surface area contributed by atoms with Crippen molar-refractivity contribution in [3.05, 3.63) is 35.1 Å². The van der Waals surface area contributed by atoms with E-state index < -0.39 is 0 Å². The first kappa shape index (κ1) is 10.2. The van der Waals surface area contributed by atoms with Gasteiger partial charge in [-0.25, -0.2) is 4.39 Å². The van der Waals surface area contributed by atoms with Crippen molar-refractivity contribution < 1.29 is 9.50 Å². The van der Waals surface area contributed by atoms with Crippen molar-refractivity contribution in [2.24, 2.45) is 0 Å². The van der Waals surface area contributed by atoms with Gasteiger partial charge in [-0.05, 0) is 29.5 Å². The number of aliphatic hydroxyl groups excluding tert-OH is 1. The lowest BCUT2D eigenvalue weighted by atomic mass is 9.99. The molecule has 0 heterocycles. The zero-order chi connectivity index (χ0) is 9.84. The molecule has 0 radical (unpaired) electrons. The average molecular weight is 182 g/mol. The van der Waals surface area contributed by atoms with Gasteiger partial charge < -0.3 is 5.11 Å². The number of aliphatic hydroxyl groups is 1. The Bertz CT molecular complexity index is 281. The first-order valence-electron chi connectivity index (χ1n) is 4.54. The molecule has 13 heavy (non-hydrogen) atoms. The van der Waals surface area contributed by atoms with Gasteiger partial charge in [0.1, 0.15) is 5.82 Å². The Morgan fingerprint density at radius 2 is 2.08 bits per heavy atom. The van der Waals surface area contributed by atoms with Crippen LogP contribution in [-0.4, -0.2) is 11.7 Å². The summed E-state index contributed by atoms with van der Waals surface area (Å²) in [6.45, 7) is 4.13. The van der Waals surface area contributed by atoms with Crippen LogP contribution in [0.5, 0.6) is 0 Å². The lowest BCUT2D eigenvalue weighted by molar-refractivity contribution is 0.297. The molecule has 0 aromatic heterocycles. The molecule has 1 rings (SSSR count). The molecular formula is C11H15FO. The molecule has 0 aliphatic carbocycles. The van der Waals surface area contributed by atoms with Crippen molar-refractivity contribution in [2.75, 3.05) is 6.61 Å². The number of rotatable bonds is 3. The molecule has 0 aliphatic rings. The van der Waals surface area contributed by atoms with Crippen LogP contribution in [0, 0.1) is 5.82 Å². The standard InChI is InChI=1S/C11H15FO/c1-8(2)9-3-4-11(12)10(7-9)5-6-13/h3-4,7-8,13H,5-6H2,1-2H3. The highest BCUT2D eigenvalue weighted by atomic mass is 19.1. The molecule has 1 aromatic rings. The SMILES string of the molecule is CC(C)c1ccc(F)c(CCO)c1. The third-order valence-corrected chi connectivity index (χ3v) is 2.12. The molecule has 0 bridgehead atoms. The Labute approximate surface area is 78.2 Å². The third kappa shape index (κ3) is 2.52. The summed E-state index contributed by atoms with van der Waals surface area (Å²) in [5, 5.41) is 8.71. The Morgan fingerprint density at radius 3 is 2.62 bits per heavy atom. The predicted octanol–water partition coefficient (Wildman–Crippen LogP) is 2.48. The van der Waals surface area contributed by atoms with Gasteiger partial charge in [0.05, 0.1) is 0 Å². The van der Waals surface area contributed by atoms with Gasteiger partial charge in [0.2, 0.25) is 0 Å². The van der Waals surface area contributed by atoms with Crippen LogP contribution in [0.15, 0.2) is 18.2 Å². The highest BCUT2D eigenvalue weighted by Crippen LogP contribution is 2.18. The van der Waals surface area contributed by atoms with Crippen LogP contribution >= 0.6 is 0 Å². The second-order valence-electron chi connectivity index (χ2n) is 3.48. The lowest BCUT2D eigenvalue weighted by Crippen LogP contribution is -1.97. The second kappa shape index (κ2) is 4.38. The quantitative estimate of drug-likeness (QED) is 0.761. The van der Waals surface area contributed by atoms with E-state index in [2.05, 4.69) is 13.8 Å². The van der Waals surface area contributed by atoms with Crippen LogP contribution < -0.4 is 0 Å². The molecule has 2 heteroatoms. The van der Waals surface area contributed by atoms with E-state index in [9.17, 15) is 4.39 Å². The van der Waals surface area contributed by atoms with Crippen LogP contribution in [0.1, 0.15) is 30.9 Å². The van der Waals surface area contributed by atoms with E-state index in [0.717, 1.165) is 5.56 Å². The first-order chi connectivity index (χ1) is 6.15. The summed E-state index contributed by atoms with van der Waals surface area (Å²) in [5.41, 5.74) is 1.72. The monoisotopic (exact) mass is 182 g/mol. The van der Waals surface area contributed by atoms with Crippen molar-refractivity contribution in [2.45, 2.75) is 26.2 Å². The molecular weight excluding hydrogens is 167 g/mol. The van der Waals surface area contributed by atoms with Crippen LogP contribution in [0.4, 0.5) is 4.39 Å². The van der Waals surface area contributed by atoms with Crippen molar-refractivity contribution in [3.8, 4) is 0 Å². The number of halogens is 1.